The Morgan fingerprint density at radius 1 is 1.16 bits per heavy atom. The van der Waals surface area contributed by atoms with E-state index in [0.717, 1.165) is 12.1 Å². The molecular formula is C13H21ClN2O3. The Kier molecular flexibility index (Phi) is 7.95. The minimum Gasteiger partial charge on any atom is -0.493 e. The summed E-state index contributed by atoms with van der Waals surface area (Å²) in [5.74, 6) is 1.08. The van der Waals surface area contributed by atoms with Gasteiger partial charge in [-0.15, -0.1) is 12.4 Å². The molecule has 0 aliphatic carbocycles. The second kappa shape index (κ2) is 8.61. The van der Waals surface area contributed by atoms with Crippen molar-refractivity contribution in [2.24, 2.45) is 0 Å². The van der Waals surface area contributed by atoms with Crippen molar-refractivity contribution in [2.75, 3.05) is 34.4 Å². The molecule has 0 aliphatic rings. The first-order valence-corrected chi connectivity index (χ1v) is 5.79. The third kappa shape index (κ3) is 4.61. The number of hydrogen-bond acceptors (Lipinski definition) is 4. The summed E-state index contributed by atoms with van der Waals surface area (Å²) in [6.45, 7) is 3.19. The highest BCUT2D eigenvalue weighted by Gasteiger charge is 2.13. The molecule has 2 N–H and O–H groups in total. The van der Waals surface area contributed by atoms with Crippen LogP contribution >= 0.6 is 12.4 Å². The van der Waals surface area contributed by atoms with E-state index >= 15 is 0 Å². The van der Waals surface area contributed by atoms with Gasteiger partial charge in [-0.2, -0.15) is 0 Å². The van der Waals surface area contributed by atoms with E-state index in [1.54, 1.807) is 26.4 Å². The van der Waals surface area contributed by atoms with E-state index < -0.39 is 0 Å². The molecule has 0 fully saturated rings. The molecule has 0 unspecified atom stereocenters. The van der Waals surface area contributed by atoms with Gasteiger partial charge in [-0.05, 0) is 31.7 Å². The molecule has 0 atom stereocenters. The van der Waals surface area contributed by atoms with Gasteiger partial charge in [0, 0.05) is 18.7 Å². The van der Waals surface area contributed by atoms with Gasteiger partial charge in [0.25, 0.3) is 5.91 Å². The highest BCUT2D eigenvalue weighted by Crippen LogP contribution is 2.30. The first-order valence-electron chi connectivity index (χ1n) is 5.79. The molecule has 108 valence electrons. The van der Waals surface area contributed by atoms with Crippen molar-refractivity contribution in [3.8, 4) is 11.5 Å². The third-order valence-electron chi connectivity index (χ3n) is 2.64. The van der Waals surface area contributed by atoms with Crippen LogP contribution in [0.3, 0.4) is 0 Å². The second-order valence-electron chi connectivity index (χ2n) is 3.88. The summed E-state index contributed by atoms with van der Waals surface area (Å²) in [4.78, 5) is 12.0. The molecule has 0 aromatic heterocycles. The fraction of sp³-hybridized carbons (Fsp3) is 0.462. The number of ether oxygens (including phenoxy) is 2. The standard InChI is InChI=1S/C13H20N2O3.ClH/c1-9-7-11(17-3)12(18-4)8-10(9)13(16)15-6-5-14-2;/h7-8,14H,5-6H2,1-4H3,(H,15,16);1H. The van der Waals surface area contributed by atoms with Crippen molar-refractivity contribution in [2.45, 2.75) is 6.92 Å². The van der Waals surface area contributed by atoms with Gasteiger partial charge in [-0.3, -0.25) is 4.79 Å². The summed E-state index contributed by atoms with van der Waals surface area (Å²) < 4.78 is 10.4. The van der Waals surface area contributed by atoms with Gasteiger partial charge in [0.05, 0.1) is 14.2 Å². The minimum absolute atomic E-state index is 0. The molecule has 0 saturated heterocycles. The average Bonchev–Trinajstić information content (AvgIpc) is 2.38. The fourth-order valence-electron chi connectivity index (χ4n) is 1.62. The molecule has 0 spiro atoms. The number of hydrogen-bond donors (Lipinski definition) is 2. The van der Waals surface area contributed by atoms with Crippen LogP contribution in [0.4, 0.5) is 0 Å². The minimum atomic E-state index is -0.108. The van der Waals surface area contributed by atoms with Gasteiger partial charge in [0.1, 0.15) is 0 Å². The van der Waals surface area contributed by atoms with Crippen molar-refractivity contribution >= 4 is 18.3 Å². The average molecular weight is 289 g/mol. The molecular weight excluding hydrogens is 268 g/mol. The Balaban J connectivity index is 0.00000324. The lowest BCUT2D eigenvalue weighted by molar-refractivity contribution is 0.0953. The first-order chi connectivity index (χ1) is 8.63. The lowest BCUT2D eigenvalue weighted by Gasteiger charge is -2.12. The predicted octanol–water partition coefficient (Wildman–Crippen LogP) is 1.38. The molecule has 1 amide bonds. The van der Waals surface area contributed by atoms with E-state index in [0.29, 0.717) is 23.6 Å². The summed E-state index contributed by atoms with van der Waals surface area (Å²) in [5, 5.41) is 5.80. The summed E-state index contributed by atoms with van der Waals surface area (Å²) in [7, 11) is 4.97. The van der Waals surface area contributed by atoms with Crippen molar-refractivity contribution in [3.63, 3.8) is 0 Å². The Morgan fingerprint density at radius 3 is 2.26 bits per heavy atom. The fourth-order valence-corrected chi connectivity index (χ4v) is 1.62. The van der Waals surface area contributed by atoms with E-state index in [1.165, 1.54) is 0 Å². The normalized spacial score (nSPS) is 9.47. The molecule has 1 rings (SSSR count). The van der Waals surface area contributed by atoms with Crippen LogP contribution in [0.15, 0.2) is 12.1 Å². The summed E-state index contributed by atoms with van der Waals surface area (Å²) in [6, 6.07) is 3.49. The number of methoxy groups -OCH3 is 2. The van der Waals surface area contributed by atoms with E-state index in [4.69, 9.17) is 9.47 Å². The topological polar surface area (TPSA) is 59.6 Å². The van der Waals surface area contributed by atoms with Gasteiger partial charge < -0.3 is 20.1 Å². The molecule has 5 nitrogen and oxygen atoms in total. The van der Waals surface area contributed by atoms with Crippen molar-refractivity contribution in [1.82, 2.24) is 10.6 Å². The molecule has 0 bridgehead atoms. The van der Waals surface area contributed by atoms with E-state index in [9.17, 15) is 4.79 Å². The molecule has 0 aliphatic heterocycles. The van der Waals surface area contributed by atoms with Crippen LogP contribution in [0.5, 0.6) is 11.5 Å². The van der Waals surface area contributed by atoms with E-state index in [2.05, 4.69) is 10.6 Å². The van der Waals surface area contributed by atoms with Crippen LogP contribution in [0.2, 0.25) is 0 Å². The van der Waals surface area contributed by atoms with Crippen LogP contribution in [-0.4, -0.2) is 40.3 Å². The van der Waals surface area contributed by atoms with E-state index in [1.807, 2.05) is 14.0 Å². The number of nitrogens with one attached hydrogen (secondary N) is 2. The SMILES string of the molecule is CNCCNC(=O)c1cc(OC)c(OC)cc1C.Cl. The molecule has 0 heterocycles. The smallest absolute Gasteiger partial charge is 0.251 e. The highest BCUT2D eigenvalue weighted by atomic mass is 35.5. The summed E-state index contributed by atoms with van der Waals surface area (Å²) in [6.07, 6.45) is 0. The third-order valence-corrected chi connectivity index (χ3v) is 2.64. The molecule has 19 heavy (non-hydrogen) atoms. The van der Waals surface area contributed by atoms with Crippen LogP contribution in [0.1, 0.15) is 15.9 Å². The van der Waals surface area contributed by atoms with Crippen LogP contribution in [-0.2, 0) is 0 Å². The van der Waals surface area contributed by atoms with Crippen LogP contribution in [0, 0.1) is 6.92 Å². The molecule has 0 radical (unpaired) electrons. The maximum Gasteiger partial charge on any atom is 0.251 e. The van der Waals surface area contributed by atoms with Gasteiger partial charge in [-0.1, -0.05) is 0 Å². The Hall–Kier alpha value is -1.46. The zero-order valence-electron chi connectivity index (χ0n) is 11.7. The molecule has 6 heteroatoms. The number of aryl methyl sites for hydroxylation is 1. The summed E-state index contributed by atoms with van der Waals surface area (Å²) >= 11 is 0. The number of amides is 1. The maximum absolute atomic E-state index is 12.0. The van der Waals surface area contributed by atoms with Crippen molar-refractivity contribution in [3.05, 3.63) is 23.3 Å². The van der Waals surface area contributed by atoms with Gasteiger partial charge in [-0.25, -0.2) is 0 Å². The van der Waals surface area contributed by atoms with Crippen LogP contribution in [0.25, 0.3) is 0 Å². The zero-order chi connectivity index (χ0) is 13.5. The quantitative estimate of drug-likeness (QED) is 0.777. The largest absolute Gasteiger partial charge is 0.493 e. The maximum atomic E-state index is 12.0. The molecule has 0 saturated carbocycles. The lowest BCUT2D eigenvalue weighted by atomic mass is 10.1. The van der Waals surface area contributed by atoms with E-state index in [-0.39, 0.29) is 18.3 Å². The van der Waals surface area contributed by atoms with Gasteiger partial charge >= 0.3 is 0 Å². The van der Waals surface area contributed by atoms with Crippen LogP contribution < -0.4 is 20.1 Å². The molecule has 1 aromatic carbocycles. The predicted molar refractivity (Wildman–Crippen MR) is 77.8 cm³/mol. The number of likely N-dealkylation sites (N-methyl/N-ethyl adjacent to an activating group) is 1. The van der Waals surface area contributed by atoms with Gasteiger partial charge in [0.15, 0.2) is 11.5 Å². The Morgan fingerprint density at radius 2 is 1.74 bits per heavy atom. The Bertz CT molecular complexity index is 425. The van der Waals surface area contributed by atoms with Crippen molar-refractivity contribution in [1.29, 1.82) is 0 Å². The van der Waals surface area contributed by atoms with Gasteiger partial charge in [0.2, 0.25) is 0 Å². The van der Waals surface area contributed by atoms with Crippen molar-refractivity contribution < 1.29 is 14.3 Å². The number of carbonyl (C=O) groups excluding carboxylic acids is 1. The summed E-state index contributed by atoms with van der Waals surface area (Å²) in [5.41, 5.74) is 1.46. The second-order valence-corrected chi connectivity index (χ2v) is 3.88. The number of rotatable bonds is 6. The zero-order valence-corrected chi connectivity index (χ0v) is 12.5. The molecule has 1 aromatic rings. The number of benzene rings is 1. The number of halogens is 1. The number of carbonyl (C=O) groups is 1. The first kappa shape index (κ1) is 17.5. The Labute approximate surface area is 120 Å². The highest BCUT2D eigenvalue weighted by molar-refractivity contribution is 5.96. The lowest BCUT2D eigenvalue weighted by Crippen LogP contribution is -2.30. The monoisotopic (exact) mass is 288 g/mol.